The highest BCUT2D eigenvalue weighted by atomic mass is 79.9. The van der Waals surface area contributed by atoms with E-state index in [0.717, 1.165) is 23.0 Å². The van der Waals surface area contributed by atoms with Gasteiger partial charge >= 0.3 is 0 Å². The number of hydrogen-bond donors (Lipinski definition) is 1. The summed E-state index contributed by atoms with van der Waals surface area (Å²) in [6.45, 7) is 0.472. The highest BCUT2D eigenvalue weighted by Crippen LogP contribution is 2.31. The Kier molecular flexibility index (Phi) is 5.36. The van der Waals surface area contributed by atoms with Gasteiger partial charge in [-0.15, -0.1) is 0 Å². The third kappa shape index (κ3) is 3.94. The van der Waals surface area contributed by atoms with Crippen molar-refractivity contribution >= 4 is 33.4 Å². The van der Waals surface area contributed by atoms with Crippen molar-refractivity contribution in [2.75, 3.05) is 11.4 Å². The number of para-hydroxylation sites is 1. The molecule has 2 fully saturated rings. The zero-order valence-corrected chi connectivity index (χ0v) is 14.8. The molecule has 1 aromatic carbocycles. The van der Waals surface area contributed by atoms with Crippen molar-refractivity contribution in [3.05, 3.63) is 28.7 Å². The second-order valence-electron chi connectivity index (χ2n) is 6.55. The summed E-state index contributed by atoms with van der Waals surface area (Å²) in [5, 5.41) is 3.18. The Hall–Kier alpha value is -1.36. The van der Waals surface area contributed by atoms with Crippen LogP contribution in [0.4, 0.5) is 5.69 Å². The molecule has 1 aromatic rings. The molecule has 2 amide bonds. The average Bonchev–Trinajstić information content (AvgIpc) is 2.75. The van der Waals surface area contributed by atoms with Gasteiger partial charge in [-0.3, -0.25) is 9.59 Å². The minimum Gasteiger partial charge on any atom is -0.353 e. The van der Waals surface area contributed by atoms with Gasteiger partial charge in [-0.25, -0.2) is 0 Å². The summed E-state index contributed by atoms with van der Waals surface area (Å²) in [7, 11) is 0. The lowest BCUT2D eigenvalue weighted by Crippen LogP contribution is -2.39. The van der Waals surface area contributed by atoms with Crippen LogP contribution in [0.25, 0.3) is 0 Å². The summed E-state index contributed by atoms with van der Waals surface area (Å²) in [4.78, 5) is 26.6. The molecule has 23 heavy (non-hydrogen) atoms. The molecule has 0 bridgehead atoms. The summed E-state index contributed by atoms with van der Waals surface area (Å²) in [5.41, 5.74) is 0.849. The largest absolute Gasteiger partial charge is 0.353 e. The van der Waals surface area contributed by atoms with Crippen LogP contribution in [0.2, 0.25) is 0 Å². The topological polar surface area (TPSA) is 49.4 Å². The summed E-state index contributed by atoms with van der Waals surface area (Å²) in [5.74, 6) is -0.171. The molecular formula is C18H23BrN2O2. The smallest absolute Gasteiger partial charge is 0.227 e. The van der Waals surface area contributed by atoms with Gasteiger partial charge in [-0.05, 0) is 40.9 Å². The number of carbonyl (C=O) groups excluding carboxylic acids is 2. The Bertz CT molecular complexity index is 582. The lowest BCUT2D eigenvalue weighted by Gasteiger charge is -2.20. The standard InChI is InChI=1S/C18H23BrN2O2/c19-15-9-5-6-10-16(15)21-12-13(11-17(21)22)18(23)20-14-7-3-1-2-4-8-14/h5-6,9-10,13-14H,1-4,7-8,11-12H2,(H,20,23)/t13-/m0/s1. The van der Waals surface area contributed by atoms with Crippen LogP contribution >= 0.6 is 15.9 Å². The molecule has 3 rings (SSSR count). The maximum absolute atomic E-state index is 12.5. The number of carbonyl (C=O) groups is 2. The number of hydrogen-bond acceptors (Lipinski definition) is 2. The van der Waals surface area contributed by atoms with Gasteiger partial charge in [0.1, 0.15) is 0 Å². The van der Waals surface area contributed by atoms with Crippen LogP contribution in [0.15, 0.2) is 28.7 Å². The van der Waals surface area contributed by atoms with Crippen LogP contribution in [0, 0.1) is 5.92 Å². The lowest BCUT2D eigenvalue weighted by molar-refractivity contribution is -0.127. The van der Waals surface area contributed by atoms with E-state index in [4.69, 9.17) is 0 Å². The van der Waals surface area contributed by atoms with Gasteiger partial charge in [0, 0.05) is 23.5 Å². The minimum absolute atomic E-state index is 0.0258. The van der Waals surface area contributed by atoms with Crippen LogP contribution in [0.5, 0.6) is 0 Å². The minimum atomic E-state index is -0.238. The zero-order chi connectivity index (χ0) is 16.2. The van der Waals surface area contributed by atoms with E-state index >= 15 is 0 Å². The van der Waals surface area contributed by atoms with Crippen molar-refractivity contribution < 1.29 is 9.59 Å². The van der Waals surface area contributed by atoms with E-state index in [1.165, 1.54) is 25.7 Å². The molecule has 1 aliphatic heterocycles. The van der Waals surface area contributed by atoms with Gasteiger partial charge in [0.25, 0.3) is 0 Å². The Morgan fingerprint density at radius 2 is 1.83 bits per heavy atom. The van der Waals surface area contributed by atoms with Crippen molar-refractivity contribution in [2.24, 2.45) is 5.92 Å². The van der Waals surface area contributed by atoms with Gasteiger partial charge in [0.15, 0.2) is 0 Å². The highest BCUT2D eigenvalue weighted by molar-refractivity contribution is 9.10. The first kappa shape index (κ1) is 16.5. The van der Waals surface area contributed by atoms with E-state index in [9.17, 15) is 9.59 Å². The van der Waals surface area contributed by atoms with Crippen molar-refractivity contribution in [1.29, 1.82) is 0 Å². The maximum atomic E-state index is 12.5. The third-order valence-corrected chi connectivity index (χ3v) is 5.51. The summed E-state index contributed by atoms with van der Waals surface area (Å²) < 4.78 is 0.887. The van der Waals surface area contributed by atoms with E-state index in [0.29, 0.717) is 13.0 Å². The fraction of sp³-hybridized carbons (Fsp3) is 0.556. The molecule has 0 aromatic heterocycles. The van der Waals surface area contributed by atoms with Gasteiger partial charge in [-0.2, -0.15) is 0 Å². The molecule has 2 aliphatic rings. The quantitative estimate of drug-likeness (QED) is 0.816. The first-order valence-electron chi connectivity index (χ1n) is 8.50. The molecule has 4 nitrogen and oxygen atoms in total. The van der Waals surface area contributed by atoms with E-state index in [1.807, 2.05) is 24.3 Å². The van der Waals surface area contributed by atoms with E-state index in [1.54, 1.807) is 4.90 Å². The Morgan fingerprint density at radius 3 is 2.52 bits per heavy atom. The predicted molar refractivity (Wildman–Crippen MR) is 94.2 cm³/mol. The van der Waals surface area contributed by atoms with Gasteiger partial charge in [0.05, 0.1) is 11.6 Å². The fourth-order valence-corrected chi connectivity index (χ4v) is 4.03. The van der Waals surface area contributed by atoms with Gasteiger partial charge in [0.2, 0.25) is 11.8 Å². The maximum Gasteiger partial charge on any atom is 0.227 e. The van der Waals surface area contributed by atoms with Crippen molar-refractivity contribution in [2.45, 2.75) is 51.0 Å². The summed E-state index contributed by atoms with van der Waals surface area (Å²) in [6, 6.07) is 7.95. The van der Waals surface area contributed by atoms with Gasteiger partial charge < -0.3 is 10.2 Å². The molecule has 1 heterocycles. The van der Waals surface area contributed by atoms with E-state index in [-0.39, 0.29) is 23.8 Å². The fourth-order valence-electron chi connectivity index (χ4n) is 3.53. The number of halogens is 1. The second kappa shape index (κ2) is 7.47. The normalized spacial score (nSPS) is 22.9. The van der Waals surface area contributed by atoms with Crippen molar-refractivity contribution in [3.63, 3.8) is 0 Å². The first-order valence-corrected chi connectivity index (χ1v) is 9.29. The molecule has 1 aliphatic carbocycles. The molecular weight excluding hydrogens is 356 g/mol. The van der Waals surface area contributed by atoms with Crippen LogP contribution in [-0.2, 0) is 9.59 Å². The molecule has 0 spiro atoms. The van der Waals surface area contributed by atoms with E-state index < -0.39 is 0 Å². The number of amides is 2. The van der Waals surface area contributed by atoms with Crippen LogP contribution < -0.4 is 10.2 Å². The zero-order valence-electron chi connectivity index (χ0n) is 13.3. The molecule has 1 saturated carbocycles. The predicted octanol–water partition coefficient (Wildman–Crippen LogP) is 3.64. The highest BCUT2D eigenvalue weighted by Gasteiger charge is 2.36. The average molecular weight is 379 g/mol. The Morgan fingerprint density at radius 1 is 1.13 bits per heavy atom. The molecule has 1 N–H and O–H groups in total. The van der Waals surface area contributed by atoms with Crippen LogP contribution in [0.1, 0.15) is 44.9 Å². The number of benzene rings is 1. The van der Waals surface area contributed by atoms with Gasteiger partial charge in [-0.1, -0.05) is 37.8 Å². The first-order chi connectivity index (χ1) is 11.1. The Labute approximate surface area is 145 Å². The SMILES string of the molecule is O=C(NC1CCCCCC1)[C@H]1CC(=O)N(c2ccccc2Br)C1. The number of nitrogens with zero attached hydrogens (tertiary/aromatic N) is 1. The Balaban J connectivity index is 1.62. The monoisotopic (exact) mass is 378 g/mol. The van der Waals surface area contributed by atoms with E-state index in [2.05, 4.69) is 21.2 Å². The summed E-state index contributed by atoms with van der Waals surface area (Å²) >= 11 is 3.48. The molecule has 0 radical (unpaired) electrons. The molecule has 0 unspecified atom stereocenters. The van der Waals surface area contributed by atoms with Crippen molar-refractivity contribution in [1.82, 2.24) is 5.32 Å². The van der Waals surface area contributed by atoms with Crippen LogP contribution in [-0.4, -0.2) is 24.4 Å². The third-order valence-electron chi connectivity index (χ3n) is 4.84. The lowest BCUT2D eigenvalue weighted by atomic mass is 10.0. The van der Waals surface area contributed by atoms with Crippen LogP contribution in [0.3, 0.4) is 0 Å². The number of rotatable bonds is 3. The molecule has 1 saturated heterocycles. The molecule has 5 heteroatoms. The molecule has 1 atom stereocenters. The summed E-state index contributed by atoms with van der Waals surface area (Å²) in [6.07, 6.45) is 7.37. The number of anilines is 1. The van der Waals surface area contributed by atoms with Crippen molar-refractivity contribution in [3.8, 4) is 0 Å². The molecule has 124 valence electrons. The number of nitrogens with one attached hydrogen (secondary N) is 1. The second-order valence-corrected chi connectivity index (χ2v) is 7.41.